The Morgan fingerprint density at radius 3 is 2.33 bits per heavy atom. The zero-order chi connectivity index (χ0) is 20.7. The summed E-state index contributed by atoms with van der Waals surface area (Å²) in [4.78, 5) is 17.5. The van der Waals surface area contributed by atoms with Gasteiger partial charge in [0.15, 0.2) is 6.04 Å². The van der Waals surface area contributed by atoms with Gasteiger partial charge in [0.1, 0.15) is 0 Å². The molecule has 7 rings (SSSR count). The molecule has 4 saturated carbocycles. The fourth-order valence-electron chi connectivity index (χ4n) is 7.78. The molecule has 1 atom stereocenters. The summed E-state index contributed by atoms with van der Waals surface area (Å²) < 4.78 is 42.7. The number of aromatic nitrogens is 1. The second-order valence-electron chi connectivity index (χ2n) is 10.4. The second kappa shape index (κ2) is 6.27. The monoisotopic (exact) mass is 416 g/mol. The number of carbonyl (C=O) groups excluding carboxylic acids is 1. The van der Waals surface area contributed by atoms with Crippen molar-refractivity contribution in [3.05, 3.63) is 35.5 Å². The number of benzene rings is 1. The molecule has 0 spiro atoms. The number of nitrogens with one attached hydrogen (secondary N) is 1. The third kappa shape index (κ3) is 2.82. The van der Waals surface area contributed by atoms with Gasteiger partial charge in [0.05, 0.1) is 5.69 Å². The smallest absolute Gasteiger partial charge is 0.356 e. The molecule has 1 aromatic heterocycles. The van der Waals surface area contributed by atoms with Gasteiger partial charge in [-0.3, -0.25) is 4.79 Å². The Kier molecular flexibility index (Phi) is 3.92. The minimum absolute atomic E-state index is 0.0529. The number of hydrogen-bond donors (Lipinski definition) is 1. The Hall–Kier alpha value is -1.98. The Morgan fingerprint density at radius 2 is 1.70 bits per heavy atom. The van der Waals surface area contributed by atoms with Crippen LogP contribution in [0.2, 0.25) is 0 Å². The lowest BCUT2D eigenvalue weighted by atomic mass is 9.49. The van der Waals surface area contributed by atoms with Crippen molar-refractivity contribution in [2.75, 3.05) is 6.54 Å². The zero-order valence-electron chi connectivity index (χ0n) is 17.0. The maximum atomic E-state index is 14.2. The minimum Gasteiger partial charge on any atom is -0.356 e. The lowest BCUT2D eigenvalue weighted by Gasteiger charge is -2.57. The first kappa shape index (κ1) is 18.8. The Labute approximate surface area is 174 Å². The molecule has 1 unspecified atom stereocenters. The molecule has 1 aliphatic heterocycles. The lowest BCUT2D eigenvalue weighted by molar-refractivity contribution is -0.197. The number of aromatic amines is 1. The molecule has 4 fully saturated rings. The number of amides is 1. The molecule has 4 bridgehead atoms. The predicted molar refractivity (Wildman–Crippen MR) is 108 cm³/mol. The van der Waals surface area contributed by atoms with E-state index in [1.54, 1.807) is 0 Å². The first-order valence-corrected chi connectivity index (χ1v) is 11.3. The van der Waals surface area contributed by atoms with Gasteiger partial charge in [0, 0.05) is 23.9 Å². The molecule has 30 heavy (non-hydrogen) atoms. The molecule has 160 valence electrons. The maximum absolute atomic E-state index is 14.2. The van der Waals surface area contributed by atoms with E-state index in [1.165, 1.54) is 19.3 Å². The molecular formula is C24H27F3N2O. The second-order valence-corrected chi connectivity index (χ2v) is 10.4. The molecule has 2 aromatic rings. The quantitative estimate of drug-likeness (QED) is 0.664. The largest absolute Gasteiger partial charge is 0.414 e. The molecule has 1 amide bonds. The molecule has 1 aromatic carbocycles. The Balaban J connectivity index is 1.33. The third-order valence-electron chi connectivity index (χ3n) is 8.36. The molecule has 2 heterocycles. The van der Waals surface area contributed by atoms with E-state index in [0.29, 0.717) is 41.7 Å². The molecule has 4 aliphatic carbocycles. The van der Waals surface area contributed by atoms with E-state index >= 15 is 0 Å². The molecule has 5 aliphatic rings. The standard InChI is InChI=1S/C24H27F3N2O/c25-24(26,27)22-21-18(17-3-1-2-4-19(17)28-21)5-6-29(22)20(30)13-23-10-14-7-15(11-23)9-16(8-14)12-23/h1-4,14-16,22,28H,5-13H2. The van der Waals surface area contributed by atoms with E-state index < -0.39 is 12.2 Å². The van der Waals surface area contributed by atoms with E-state index in [4.69, 9.17) is 0 Å². The van der Waals surface area contributed by atoms with Crippen molar-refractivity contribution in [1.29, 1.82) is 0 Å². The number of hydrogen-bond acceptors (Lipinski definition) is 1. The molecule has 6 heteroatoms. The summed E-state index contributed by atoms with van der Waals surface area (Å²) in [5, 5.41) is 0.843. The van der Waals surface area contributed by atoms with Crippen LogP contribution in [0, 0.1) is 23.2 Å². The first-order chi connectivity index (χ1) is 14.3. The minimum atomic E-state index is -4.49. The van der Waals surface area contributed by atoms with Gasteiger partial charge in [0.2, 0.25) is 5.91 Å². The van der Waals surface area contributed by atoms with E-state index in [1.807, 2.05) is 24.3 Å². The highest BCUT2D eigenvalue weighted by Crippen LogP contribution is 2.61. The predicted octanol–water partition coefficient (Wildman–Crippen LogP) is 5.76. The highest BCUT2D eigenvalue weighted by Gasteiger charge is 2.54. The molecule has 1 N–H and O–H groups in total. The third-order valence-corrected chi connectivity index (χ3v) is 8.36. The van der Waals surface area contributed by atoms with Crippen LogP contribution in [0.3, 0.4) is 0 Å². The summed E-state index contributed by atoms with van der Waals surface area (Å²) in [7, 11) is 0. The number of fused-ring (bicyclic) bond motifs is 3. The van der Waals surface area contributed by atoms with Crippen molar-refractivity contribution in [2.24, 2.45) is 23.2 Å². The normalized spacial score (nSPS) is 35.1. The fraction of sp³-hybridized carbons (Fsp3) is 0.625. The van der Waals surface area contributed by atoms with Crippen LogP contribution >= 0.6 is 0 Å². The number of H-pyrrole nitrogens is 1. The number of alkyl halides is 3. The van der Waals surface area contributed by atoms with Crippen LogP contribution in [0.1, 0.15) is 62.2 Å². The van der Waals surface area contributed by atoms with Gasteiger partial charge in [-0.2, -0.15) is 13.2 Å². The number of carbonyl (C=O) groups is 1. The fourth-order valence-corrected chi connectivity index (χ4v) is 7.78. The average molecular weight is 416 g/mol. The summed E-state index contributed by atoms with van der Waals surface area (Å²) in [5.74, 6) is 1.75. The number of nitrogens with zero attached hydrogens (tertiary/aromatic N) is 1. The summed E-state index contributed by atoms with van der Waals surface area (Å²) in [6, 6.07) is 5.48. The van der Waals surface area contributed by atoms with Crippen molar-refractivity contribution in [2.45, 2.75) is 63.6 Å². The van der Waals surface area contributed by atoms with Gasteiger partial charge >= 0.3 is 6.18 Å². The molecule has 3 nitrogen and oxygen atoms in total. The van der Waals surface area contributed by atoms with Crippen LogP contribution < -0.4 is 0 Å². The maximum Gasteiger partial charge on any atom is 0.414 e. The molecule has 0 radical (unpaired) electrons. The summed E-state index contributed by atoms with van der Waals surface area (Å²) in [5.41, 5.74) is 1.54. The van der Waals surface area contributed by atoms with Crippen molar-refractivity contribution in [3.63, 3.8) is 0 Å². The molecular weight excluding hydrogens is 389 g/mol. The zero-order valence-corrected chi connectivity index (χ0v) is 17.0. The Bertz CT molecular complexity index is 972. The van der Waals surface area contributed by atoms with Crippen molar-refractivity contribution < 1.29 is 18.0 Å². The molecule has 0 saturated heterocycles. The van der Waals surface area contributed by atoms with Gasteiger partial charge in [-0.1, -0.05) is 18.2 Å². The number of rotatable bonds is 2. The van der Waals surface area contributed by atoms with Gasteiger partial charge in [-0.15, -0.1) is 0 Å². The number of halogens is 3. The van der Waals surface area contributed by atoms with E-state index in [0.717, 1.165) is 29.5 Å². The highest BCUT2D eigenvalue weighted by molar-refractivity contribution is 5.86. The van der Waals surface area contributed by atoms with Gasteiger partial charge in [-0.05, 0) is 79.7 Å². The van der Waals surface area contributed by atoms with Gasteiger partial charge in [0.25, 0.3) is 0 Å². The summed E-state index contributed by atoms with van der Waals surface area (Å²) >= 11 is 0. The first-order valence-electron chi connectivity index (χ1n) is 11.3. The van der Waals surface area contributed by atoms with Crippen LogP contribution in [0.15, 0.2) is 24.3 Å². The lowest BCUT2D eigenvalue weighted by Crippen LogP contribution is -2.51. The summed E-state index contributed by atoms with van der Waals surface area (Å²) in [6.07, 6.45) is 3.17. The van der Waals surface area contributed by atoms with Gasteiger partial charge in [-0.25, -0.2) is 0 Å². The number of para-hydroxylation sites is 1. The Morgan fingerprint density at radius 1 is 1.07 bits per heavy atom. The topological polar surface area (TPSA) is 36.1 Å². The van der Waals surface area contributed by atoms with Crippen LogP contribution in [-0.2, 0) is 11.2 Å². The van der Waals surface area contributed by atoms with E-state index in [-0.39, 0.29) is 23.6 Å². The van der Waals surface area contributed by atoms with Crippen molar-refractivity contribution in [3.8, 4) is 0 Å². The van der Waals surface area contributed by atoms with Crippen molar-refractivity contribution in [1.82, 2.24) is 9.88 Å². The van der Waals surface area contributed by atoms with Gasteiger partial charge < -0.3 is 9.88 Å². The van der Waals surface area contributed by atoms with Crippen molar-refractivity contribution >= 4 is 16.8 Å². The van der Waals surface area contributed by atoms with Crippen LogP contribution in [0.5, 0.6) is 0 Å². The van der Waals surface area contributed by atoms with E-state index in [9.17, 15) is 18.0 Å². The van der Waals surface area contributed by atoms with Crippen LogP contribution in [0.4, 0.5) is 13.2 Å². The van der Waals surface area contributed by atoms with E-state index in [2.05, 4.69) is 4.98 Å². The van der Waals surface area contributed by atoms with Crippen LogP contribution in [-0.4, -0.2) is 28.5 Å². The van der Waals surface area contributed by atoms with Crippen LogP contribution in [0.25, 0.3) is 10.9 Å². The average Bonchev–Trinajstić information content (AvgIpc) is 3.03. The SMILES string of the molecule is O=C(CC12CC3CC(CC(C3)C1)C2)N1CCc2c([nH]c3ccccc23)C1C(F)(F)F. The highest BCUT2D eigenvalue weighted by atomic mass is 19.4. The summed E-state index contributed by atoms with van der Waals surface area (Å²) in [6.45, 7) is 0.143.